The normalized spacial score (nSPS) is 16.4. The maximum Gasteiger partial charge on any atom is 0.244 e. The summed E-state index contributed by atoms with van der Waals surface area (Å²) >= 11 is 11.4. The molecule has 1 heterocycles. The van der Waals surface area contributed by atoms with Gasteiger partial charge in [-0.15, -0.1) is 0 Å². The number of nitrogens with one attached hydrogen (secondary N) is 1. The molecule has 0 spiro atoms. The molecule has 0 aliphatic carbocycles. The minimum absolute atomic E-state index is 0.159. The molecule has 1 aromatic rings. The number of rotatable bonds is 5. The first kappa shape index (κ1) is 19.4. The van der Waals surface area contributed by atoms with E-state index >= 15 is 0 Å². The molecule has 1 aliphatic heterocycles. The molecule has 24 heavy (non-hydrogen) atoms. The molecule has 0 aromatic heterocycles. The average Bonchev–Trinajstić information content (AvgIpc) is 2.54. The summed E-state index contributed by atoms with van der Waals surface area (Å²) in [6.07, 6.45) is 0. The van der Waals surface area contributed by atoms with Gasteiger partial charge in [0, 0.05) is 39.3 Å². The Hall–Kier alpha value is -0.930. The predicted molar refractivity (Wildman–Crippen MR) is 101 cm³/mol. The molecule has 0 atom stereocenters. The number of halogens is 1. The van der Waals surface area contributed by atoms with Crippen molar-refractivity contribution in [3.8, 4) is 0 Å². The van der Waals surface area contributed by atoms with Crippen LogP contribution in [0.15, 0.2) is 29.2 Å². The van der Waals surface area contributed by atoms with Gasteiger partial charge >= 0.3 is 0 Å². The van der Waals surface area contributed by atoms with Crippen LogP contribution in [0.1, 0.15) is 0 Å². The highest BCUT2D eigenvalue weighted by Gasteiger charge is 2.30. The van der Waals surface area contributed by atoms with Gasteiger partial charge in [0.25, 0.3) is 0 Å². The van der Waals surface area contributed by atoms with Gasteiger partial charge in [-0.3, -0.25) is 0 Å². The Kier molecular flexibility index (Phi) is 6.82. The first-order valence-electron chi connectivity index (χ1n) is 7.74. The molecule has 2 rings (SSSR count). The fourth-order valence-electron chi connectivity index (χ4n) is 2.42. The Morgan fingerprint density at radius 3 is 2.46 bits per heavy atom. The predicted octanol–water partition coefficient (Wildman–Crippen LogP) is 1.08. The molecule has 1 N–H and O–H groups in total. The van der Waals surface area contributed by atoms with Crippen LogP contribution in [0.3, 0.4) is 0 Å². The van der Waals surface area contributed by atoms with Gasteiger partial charge in [-0.2, -0.15) is 4.31 Å². The molecule has 9 heteroatoms. The summed E-state index contributed by atoms with van der Waals surface area (Å²) in [7, 11) is 0.440. The third-order valence-electron chi connectivity index (χ3n) is 3.82. The second-order valence-corrected chi connectivity index (χ2v) is 8.56. The van der Waals surface area contributed by atoms with E-state index in [2.05, 4.69) is 10.2 Å². The Balaban J connectivity index is 1.93. The van der Waals surface area contributed by atoms with E-state index in [0.29, 0.717) is 31.3 Å². The first-order valence-corrected chi connectivity index (χ1v) is 9.97. The number of benzene rings is 1. The largest absolute Gasteiger partial charge is 0.361 e. The zero-order valence-corrected chi connectivity index (χ0v) is 16.3. The van der Waals surface area contributed by atoms with E-state index in [1.54, 1.807) is 18.2 Å². The van der Waals surface area contributed by atoms with Crippen LogP contribution in [0.5, 0.6) is 0 Å². The van der Waals surface area contributed by atoms with Crippen LogP contribution in [0.2, 0.25) is 5.02 Å². The lowest BCUT2D eigenvalue weighted by atomic mass is 10.4. The third-order valence-corrected chi connectivity index (χ3v) is 6.62. The van der Waals surface area contributed by atoms with E-state index in [0.717, 1.165) is 13.1 Å². The lowest BCUT2D eigenvalue weighted by Crippen LogP contribution is -2.53. The fourth-order valence-corrected chi connectivity index (χ4v) is 4.62. The second-order valence-electron chi connectivity index (χ2n) is 5.86. The first-order chi connectivity index (χ1) is 11.3. The molecular formula is C15H23ClN4O2S2. The number of hydrogen-bond acceptors (Lipinski definition) is 4. The number of hydrogen-bond donors (Lipinski definition) is 1. The standard InChI is InChI=1S/C15H23ClN4O2S2/c1-18(2)8-7-17-15(23)19-9-11-20(12-10-19)24(21,22)14-6-4-3-5-13(14)16/h3-6H,7-12H2,1-2H3,(H,17,23). The molecule has 0 unspecified atom stereocenters. The van der Waals surface area contributed by atoms with Gasteiger partial charge in [0.05, 0.1) is 5.02 Å². The van der Waals surface area contributed by atoms with E-state index < -0.39 is 10.0 Å². The van der Waals surface area contributed by atoms with Crippen molar-refractivity contribution in [2.45, 2.75) is 4.90 Å². The number of nitrogens with zero attached hydrogens (tertiary/aromatic N) is 3. The quantitative estimate of drug-likeness (QED) is 0.759. The molecule has 0 amide bonds. The van der Waals surface area contributed by atoms with E-state index in [4.69, 9.17) is 23.8 Å². The van der Waals surface area contributed by atoms with Gasteiger partial charge in [0.15, 0.2) is 5.11 Å². The third kappa shape index (κ3) is 4.80. The van der Waals surface area contributed by atoms with E-state index in [-0.39, 0.29) is 9.92 Å². The molecule has 134 valence electrons. The van der Waals surface area contributed by atoms with Crippen LogP contribution in [0.25, 0.3) is 0 Å². The summed E-state index contributed by atoms with van der Waals surface area (Å²) in [6, 6.07) is 6.53. The summed E-state index contributed by atoms with van der Waals surface area (Å²) in [5.74, 6) is 0. The van der Waals surface area contributed by atoms with E-state index in [1.165, 1.54) is 10.4 Å². The van der Waals surface area contributed by atoms with Gasteiger partial charge < -0.3 is 15.1 Å². The molecular weight excluding hydrogens is 368 g/mol. The van der Waals surface area contributed by atoms with Crippen molar-refractivity contribution < 1.29 is 8.42 Å². The van der Waals surface area contributed by atoms with Crippen molar-refractivity contribution >= 4 is 39.0 Å². The molecule has 1 saturated heterocycles. The molecule has 0 saturated carbocycles. The number of sulfonamides is 1. The number of piperazine rings is 1. The Labute approximate surface area is 154 Å². The summed E-state index contributed by atoms with van der Waals surface area (Å²) in [5.41, 5.74) is 0. The lowest BCUT2D eigenvalue weighted by molar-refractivity contribution is 0.263. The van der Waals surface area contributed by atoms with Crippen molar-refractivity contribution in [1.82, 2.24) is 19.4 Å². The number of likely N-dealkylation sites (N-methyl/N-ethyl adjacent to an activating group) is 1. The molecule has 0 bridgehead atoms. The average molecular weight is 391 g/mol. The molecule has 6 nitrogen and oxygen atoms in total. The maximum atomic E-state index is 12.7. The van der Waals surface area contributed by atoms with Gasteiger partial charge in [-0.25, -0.2) is 8.42 Å². The summed E-state index contributed by atoms with van der Waals surface area (Å²) in [4.78, 5) is 4.24. The Morgan fingerprint density at radius 2 is 1.88 bits per heavy atom. The van der Waals surface area contributed by atoms with Crippen LogP contribution in [-0.4, -0.2) is 81.0 Å². The van der Waals surface area contributed by atoms with Crippen molar-refractivity contribution in [3.63, 3.8) is 0 Å². The molecule has 1 aromatic carbocycles. The molecule has 1 fully saturated rings. The number of thiocarbonyl (C=S) groups is 1. The zero-order chi connectivity index (χ0) is 17.7. The van der Waals surface area contributed by atoms with Crippen LogP contribution < -0.4 is 5.32 Å². The van der Waals surface area contributed by atoms with Crippen LogP contribution in [0, 0.1) is 0 Å². The van der Waals surface area contributed by atoms with Crippen LogP contribution >= 0.6 is 23.8 Å². The van der Waals surface area contributed by atoms with Crippen molar-refractivity contribution in [2.75, 3.05) is 53.4 Å². The summed E-state index contributed by atoms with van der Waals surface area (Å²) < 4.78 is 26.9. The van der Waals surface area contributed by atoms with Crippen molar-refractivity contribution in [3.05, 3.63) is 29.3 Å². The molecule has 1 aliphatic rings. The highest BCUT2D eigenvalue weighted by atomic mass is 35.5. The monoisotopic (exact) mass is 390 g/mol. The van der Waals surface area contributed by atoms with Gasteiger partial charge in [0.2, 0.25) is 10.0 Å². The Morgan fingerprint density at radius 1 is 1.25 bits per heavy atom. The van der Waals surface area contributed by atoms with Gasteiger partial charge in [-0.1, -0.05) is 23.7 Å². The van der Waals surface area contributed by atoms with Crippen molar-refractivity contribution in [2.24, 2.45) is 0 Å². The van der Waals surface area contributed by atoms with E-state index in [9.17, 15) is 8.42 Å². The summed E-state index contributed by atoms with van der Waals surface area (Å²) in [5, 5.41) is 4.13. The summed E-state index contributed by atoms with van der Waals surface area (Å²) in [6.45, 7) is 3.58. The zero-order valence-electron chi connectivity index (χ0n) is 13.9. The highest BCUT2D eigenvalue weighted by molar-refractivity contribution is 7.89. The fraction of sp³-hybridized carbons (Fsp3) is 0.533. The molecule has 0 radical (unpaired) electrons. The van der Waals surface area contributed by atoms with Crippen LogP contribution in [0.4, 0.5) is 0 Å². The maximum absolute atomic E-state index is 12.7. The lowest BCUT2D eigenvalue weighted by Gasteiger charge is -2.35. The van der Waals surface area contributed by atoms with Gasteiger partial charge in [0.1, 0.15) is 4.90 Å². The van der Waals surface area contributed by atoms with Crippen LogP contribution in [-0.2, 0) is 10.0 Å². The minimum atomic E-state index is -3.57. The smallest absolute Gasteiger partial charge is 0.244 e. The SMILES string of the molecule is CN(C)CCNC(=S)N1CCN(S(=O)(=O)c2ccccc2Cl)CC1. The highest BCUT2D eigenvalue weighted by Crippen LogP contribution is 2.24. The minimum Gasteiger partial charge on any atom is -0.361 e. The van der Waals surface area contributed by atoms with E-state index in [1.807, 2.05) is 19.0 Å². The van der Waals surface area contributed by atoms with Crippen molar-refractivity contribution in [1.29, 1.82) is 0 Å². The topological polar surface area (TPSA) is 55.9 Å². The van der Waals surface area contributed by atoms with Gasteiger partial charge in [-0.05, 0) is 38.4 Å². The Bertz CT molecular complexity index is 674. The second kappa shape index (κ2) is 8.44.